The maximum atomic E-state index is 14.4. The number of nitrogens with one attached hydrogen (secondary N) is 2. The van der Waals surface area contributed by atoms with Gasteiger partial charge in [-0.15, -0.1) is 0 Å². The third-order valence-corrected chi connectivity index (χ3v) is 23.3. The van der Waals surface area contributed by atoms with Crippen molar-refractivity contribution in [1.82, 2.24) is 25.3 Å². The average Bonchev–Trinajstić information content (AvgIpc) is 1.61. The molecule has 7 atom stereocenters. The Morgan fingerprint density at radius 2 is 1.00 bits per heavy atom. The SMILES string of the molecule is CC[C@H](C(=O)N1CCCC[C@H]1C(=O)O[C@H](CCc1ccc(C)c(C)c1)c1ccc(OCC(=O)CCCCCNC(=O)COc2cccc3c2C(=O)N(C2CCC(=O)NC2=O)C3=O)cc1)c1cc(C)c(OC)c(OC)c1.CC[C@H](C(=O)N1CCCC[C@H]1C(=O)O[C@H](CCc1ccc(C)c(C)c1)c1ccc(OCC(=O)O)cc1)c1cc(C)c(OC)c(OC)c1. The van der Waals surface area contributed by atoms with Crippen LogP contribution in [0.3, 0.4) is 0 Å². The van der Waals surface area contributed by atoms with Gasteiger partial charge in [0.15, 0.2) is 42.0 Å². The van der Waals surface area contributed by atoms with Crippen molar-refractivity contribution < 1.29 is 100 Å². The lowest BCUT2D eigenvalue weighted by molar-refractivity contribution is -0.162. The lowest BCUT2D eigenvalue weighted by Gasteiger charge is -2.37. The molecular formula is C96H115N5O21. The van der Waals surface area contributed by atoms with Gasteiger partial charge in [0.2, 0.25) is 23.6 Å². The number of hydrogen-bond donors (Lipinski definition) is 3. The number of hydrogen-bond acceptors (Lipinski definition) is 20. The van der Waals surface area contributed by atoms with E-state index in [4.69, 9.17) is 47.7 Å². The van der Waals surface area contributed by atoms with E-state index in [0.717, 1.165) is 75.1 Å². The summed E-state index contributed by atoms with van der Waals surface area (Å²) >= 11 is 0. The Hall–Kier alpha value is -12.1. The predicted octanol–water partition coefficient (Wildman–Crippen LogP) is 14.4. The number of likely N-dealkylation sites (tertiary alicyclic amines) is 2. The molecule has 7 aromatic rings. The lowest BCUT2D eigenvalue weighted by Crippen LogP contribution is -2.54. The van der Waals surface area contributed by atoms with Gasteiger partial charge in [-0.25, -0.2) is 14.4 Å². The molecule has 0 spiro atoms. The Morgan fingerprint density at radius 1 is 0.500 bits per heavy atom. The molecule has 0 saturated carbocycles. The number of carbonyl (C=O) groups is 11. The molecule has 3 saturated heterocycles. The summed E-state index contributed by atoms with van der Waals surface area (Å²) < 4.78 is 51.8. The molecule has 0 bridgehead atoms. The highest BCUT2D eigenvalue weighted by Gasteiger charge is 2.47. The molecule has 7 aromatic carbocycles. The number of esters is 2. The number of nitrogens with zero attached hydrogens (tertiary/aromatic N) is 3. The van der Waals surface area contributed by atoms with Crippen molar-refractivity contribution in [2.24, 2.45) is 0 Å². The van der Waals surface area contributed by atoms with Crippen molar-refractivity contribution in [3.63, 3.8) is 0 Å². The summed E-state index contributed by atoms with van der Waals surface area (Å²) in [5.41, 5.74) is 11.9. The van der Waals surface area contributed by atoms with Crippen LogP contribution in [0.2, 0.25) is 0 Å². The van der Waals surface area contributed by atoms with Crippen LogP contribution in [0.5, 0.6) is 40.2 Å². The normalized spacial score (nSPS) is 16.6. The zero-order chi connectivity index (χ0) is 87.8. The van der Waals surface area contributed by atoms with E-state index in [2.05, 4.69) is 74.7 Å². The Bertz CT molecular complexity index is 4930. The standard InChI is InChI=1S/C58H68N4O13.C38H47NO8/c1-7-43(40-31-37(4)53(72-6)49(32-40)71-5)55(67)61-29-12-10-16-46(61)58(70)75-47(26-20-38-19-18-35(2)36(3)30-38)39-21-23-42(24-22-39)73-33-41(63)14-9-8-11-28-59-51(65)34-74-48-17-13-15-44-52(48)57(69)62(56(44)68)45-25-27-50(64)60-54(45)66;1-7-31(29-21-26(4)36(45-6)34(22-29)44-5)37(42)39-19-9-8-10-32(39)38(43)47-33(18-13-27-12-11-24(2)25(3)20-27)28-14-16-30(17-15-28)46-23-35(40)41/h13,15,17-19,21-24,30-32,43,45-47H,7-12,14,16,20,25-29,33-34H2,1-6H3,(H,59,65)(H,60,64,66);11-12,14-17,20-22,31-33H,7-10,13,18-19,23H2,1-6H3,(H,40,41)/t43-,45?,46-,47+;31-,32-,33+/m00/s1. The number of methoxy groups -OCH3 is 4. The second-order valence-corrected chi connectivity index (χ2v) is 31.6. The minimum Gasteiger partial charge on any atom is -0.493 e. The van der Waals surface area contributed by atoms with Gasteiger partial charge < -0.3 is 62.9 Å². The van der Waals surface area contributed by atoms with E-state index in [9.17, 15) is 52.7 Å². The number of aryl methyl sites for hydroxylation is 8. The van der Waals surface area contributed by atoms with Crippen LogP contribution in [0.25, 0.3) is 0 Å². The highest BCUT2D eigenvalue weighted by molar-refractivity contribution is 6.24. The van der Waals surface area contributed by atoms with Gasteiger partial charge in [-0.2, -0.15) is 0 Å². The Kier molecular flexibility index (Phi) is 33.2. The van der Waals surface area contributed by atoms with Crippen LogP contribution in [-0.2, 0) is 65.5 Å². The highest BCUT2D eigenvalue weighted by Crippen LogP contribution is 2.41. The smallest absolute Gasteiger partial charge is 0.341 e. The van der Waals surface area contributed by atoms with Crippen molar-refractivity contribution in [1.29, 1.82) is 0 Å². The second kappa shape index (κ2) is 43.9. The minimum absolute atomic E-state index is 0.00668. The predicted molar refractivity (Wildman–Crippen MR) is 456 cm³/mol. The van der Waals surface area contributed by atoms with E-state index in [0.29, 0.717) is 125 Å². The van der Waals surface area contributed by atoms with Gasteiger partial charge >= 0.3 is 17.9 Å². The fourth-order valence-corrected chi connectivity index (χ4v) is 16.3. The van der Waals surface area contributed by atoms with Crippen molar-refractivity contribution in [2.75, 3.05) is 67.9 Å². The molecule has 3 fully saturated rings. The number of ketones is 1. The molecule has 4 aliphatic heterocycles. The van der Waals surface area contributed by atoms with E-state index in [-0.39, 0.29) is 60.3 Å². The monoisotopic (exact) mass is 1670 g/mol. The van der Waals surface area contributed by atoms with Crippen LogP contribution in [0.15, 0.2) is 127 Å². The summed E-state index contributed by atoms with van der Waals surface area (Å²) in [7, 11) is 6.32. The Morgan fingerprint density at radius 3 is 1.46 bits per heavy atom. The zero-order valence-corrected chi connectivity index (χ0v) is 72.1. The van der Waals surface area contributed by atoms with Gasteiger partial charge in [0.05, 0.1) is 51.4 Å². The molecule has 7 amide bonds. The molecule has 3 N–H and O–H groups in total. The summed E-state index contributed by atoms with van der Waals surface area (Å²) in [6.07, 6.45) is 8.59. The number of aliphatic carboxylic acids is 1. The summed E-state index contributed by atoms with van der Waals surface area (Å²) in [6, 6.07) is 36.3. The number of unbranched alkanes of at least 4 members (excludes halogenated alkanes) is 2. The molecule has 0 radical (unpaired) electrons. The first-order valence-corrected chi connectivity index (χ1v) is 42.2. The minimum atomic E-state index is -1.12. The molecule has 1 unspecified atom stereocenters. The zero-order valence-electron chi connectivity index (χ0n) is 72.1. The van der Waals surface area contributed by atoms with Crippen LogP contribution in [0.1, 0.15) is 228 Å². The van der Waals surface area contributed by atoms with Gasteiger partial charge in [-0.3, -0.25) is 48.6 Å². The molecule has 122 heavy (non-hydrogen) atoms. The van der Waals surface area contributed by atoms with Crippen LogP contribution in [0.4, 0.5) is 0 Å². The lowest BCUT2D eigenvalue weighted by atomic mass is 9.91. The topological polar surface area (TPSA) is 325 Å². The van der Waals surface area contributed by atoms with Crippen LogP contribution < -0.4 is 43.8 Å². The van der Waals surface area contributed by atoms with E-state index >= 15 is 0 Å². The Labute approximate surface area is 713 Å². The number of Topliss-reactive ketones (excluding diaryl/α,β-unsaturated/α-hetero) is 1. The third-order valence-electron chi connectivity index (χ3n) is 23.3. The molecule has 26 nitrogen and oxygen atoms in total. The fourth-order valence-electron chi connectivity index (χ4n) is 16.3. The van der Waals surface area contributed by atoms with Gasteiger partial charge in [0.25, 0.3) is 17.7 Å². The molecule has 0 aliphatic carbocycles. The molecular weight excluding hydrogens is 1560 g/mol. The van der Waals surface area contributed by atoms with E-state index in [1.165, 1.54) is 40.5 Å². The Balaban J connectivity index is 0.000000285. The number of piperidine rings is 3. The average molecular weight is 1670 g/mol. The quantitative estimate of drug-likeness (QED) is 0.0184. The first-order chi connectivity index (χ1) is 58.7. The maximum absolute atomic E-state index is 14.4. The number of benzene rings is 7. The third kappa shape index (κ3) is 23.5. The van der Waals surface area contributed by atoms with E-state index in [1.807, 2.05) is 64.1 Å². The molecule has 11 rings (SSSR count). The van der Waals surface area contributed by atoms with Gasteiger partial charge in [-0.1, -0.05) is 99.1 Å². The number of carboxylic acid groups (broad SMARTS) is 1. The molecule has 26 heteroatoms. The summed E-state index contributed by atoms with van der Waals surface area (Å²) in [6.45, 7) is 16.3. The van der Waals surface area contributed by atoms with Crippen LogP contribution >= 0.6 is 0 Å². The van der Waals surface area contributed by atoms with Gasteiger partial charge in [0, 0.05) is 32.5 Å². The fraction of sp³-hybridized carbons (Fsp3) is 0.448. The van der Waals surface area contributed by atoms with Crippen molar-refractivity contribution in [2.45, 2.75) is 213 Å². The number of imide groups is 2. The summed E-state index contributed by atoms with van der Waals surface area (Å²) in [5, 5.41) is 13.9. The number of carboxylic acids is 1. The van der Waals surface area contributed by atoms with Gasteiger partial charge in [0.1, 0.15) is 54.2 Å². The highest BCUT2D eigenvalue weighted by atomic mass is 16.6. The van der Waals surface area contributed by atoms with Crippen LogP contribution in [-0.4, -0.2) is 171 Å². The molecule has 0 aromatic heterocycles. The van der Waals surface area contributed by atoms with Crippen molar-refractivity contribution in [3.8, 4) is 40.2 Å². The number of carbonyl (C=O) groups excluding carboxylic acids is 10. The summed E-state index contributed by atoms with van der Waals surface area (Å²) in [5.74, 6) is -2.97. The van der Waals surface area contributed by atoms with Crippen molar-refractivity contribution >= 4 is 65.0 Å². The molecule has 4 heterocycles. The second-order valence-electron chi connectivity index (χ2n) is 31.6. The maximum Gasteiger partial charge on any atom is 0.341 e. The first-order valence-electron chi connectivity index (χ1n) is 42.2. The van der Waals surface area contributed by atoms with E-state index in [1.54, 1.807) is 74.6 Å². The summed E-state index contributed by atoms with van der Waals surface area (Å²) in [4.78, 5) is 148. The van der Waals surface area contributed by atoms with Crippen molar-refractivity contribution in [3.05, 3.63) is 205 Å². The van der Waals surface area contributed by atoms with E-state index < -0.39 is 103 Å². The first kappa shape index (κ1) is 92.2. The number of amides is 7. The number of fused-ring (bicyclic) bond motifs is 1. The molecule has 650 valence electrons. The number of rotatable bonds is 38. The molecule has 4 aliphatic rings. The van der Waals surface area contributed by atoms with Gasteiger partial charge in [-0.05, 0) is 253 Å². The van der Waals surface area contributed by atoms with Crippen LogP contribution in [0, 0.1) is 41.5 Å². The number of ether oxygens (including phenoxy) is 9. The largest absolute Gasteiger partial charge is 0.493 e.